The van der Waals surface area contributed by atoms with Gasteiger partial charge in [-0.25, -0.2) is 9.37 Å². The van der Waals surface area contributed by atoms with Gasteiger partial charge < -0.3 is 4.90 Å². The molecule has 1 aromatic heterocycles. The summed E-state index contributed by atoms with van der Waals surface area (Å²) in [6.45, 7) is 0.830. The van der Waals surface area contributed by atoms with Crippen LogP contribution < -0.4 is 4.90 Å². The molecule has 0 unspecified atom stereocenters. The largest absolute Gasteiger partial charge is 0.308 e. The maximum atomic E-state index is 13.5. The van der Waals surface area contributed by atoms with Crippen LogP contribution in [-0.2, 0) is 0 Å². The summed E-state index contributed by atoms with van der Waals surface area (Å²) in [5.41, 5.74) is 0.304. The molecule has 1 amide bonds. The van der Waals surface area contributed by atoms with Crippen molar-refractivity contribution in [2.75, 3.05) is 32.1 Å². The number of para-hydroxylation sites is 1. The smallest absolute Gasteiger partial charge is 0.282 e. The highest BCUT2D eigenvalue weighted by atomic mass is 35.5. The minimum absolute atomic E-state index is 0. The van der Waals surface area contributed by atoms with Crippen LogP contribution in [0.5, 0.6) is 0 Å². The number of nitro groups is 1. The van der Waals surface area contributed by atoms with Gasteiger partial charge in [0.1, 0.15) is 11.4 Å². The predicted molar refractivity (Wildman–Crippen MR) is 110 cm³/mol. The van der Waals surface area contributed by atoms with Crippen molar-refractivity contribution < 1.29 is 14.1 Å². The van der Waals surface area contributed by atoms with Gasteiger partial charge in [0, 0.05) is 19.2 Å². The van der Waals surface area contributed by atoms with E-state index in [4.69, 9.17) is 0 Å². The molecule has 0 fully saturated rings. The molecule has 3 aromatic rings. The van der Waals surface area contributed by atoms with E-state index >= 15 is 0 Å². The van der Waals surface area contributed by atoms with Crippen LogP contribution in [0.3, 0.4) is 0 Å². The number of fused-ring (bicyclic) bond motifs is 1. The van der Waals surface area contributed by atoms with Gasteiger partial charge in [0.05, 0.1) is 15.1 Å². The molecule has 7 nitrogen and oxygen atoms in total. The van der Waals surface area contributed by atoms with Gasteiger partial charge in [0.25, 0.3) is 11.6 Å². The average Bonchev–Trinajstić information content (AvgIpc) is 3.04. The zero-order valence-electron chi connectivity index (χ0n) is 15.2. The molecule has 1 heterocycles. The molecule has 0 spiro atoms. The number of thiazole rings is 1. The minimum atomic E-state index is -0.578. The van der Waals surface area contributed by atoms with Gasteiger partial charge >= 0.3 is 0 Å². The second-order valence-corrected chi connectivity index (χ2v) is 7.15. The lowest BCUT2D eigenvalue weighted by Crippen LogP contribution is -2.37. The number of amides is 1. The average molecular weight is 425 g/mol. The summed E-state index contributed by atoms with van der Waals surface area (Å²) in [5.74, 6) is -0.897. The van der Waals surface area contributed by atoms with E-state index in [1.54, 1.807) is 12.1 Å². The van der Waals surface area contributed by atoms with Gasteiger partial charge in [-0.2, -0.15) is 0 Å². The van der Waals surface area contributed by atoms with Gasteiger partial charge in [-0.05, 0) is 38.4 Å². The summed E-state index contributed by atoms with van der Waals surface area (Å²) in [5, 5.41) is 11.7. The van der Waals surface area contributed by atoms with Crippen LogP contribution in [-0.4, -0.2) is 47.9 Å². The van der Waals surface area contributed by atoms with Crippen LogP contribution in [0.1, 0.15) is 10.4 Å². The van der Waals surface area contributed by atoms with Gasteiger partial charge in [0.2, 0.25) is 0 Å². The molecule has 0 N–H and O–H groups in total. The molecule has 0 aliphatic heterocycles. The van der Waals surface area contributed by atoms with Gasteiger partial charge in [-0.15, -0.1) is 12.4 Å². The molecule has 2 aromatic carbocycles. The Kier molecular flexibility index (Phi) is 7.00. The van der Waals surface area contributed by atoms with Crippen molar-refractivity contribution in [1.29, 1.82) is 0 Å². The number of carbonyl (C=O) groups excluding carboxylic acids is 1. The molecule has 28 heavy (non-hydrogen) atoms. The Morgan fingerprint density at radius 1 is 1.21 bits per heavy atom. The number of carbonyl (C=O) groups is 1. The number of nitro benzene ring substituents is 1. The number of likely N-dealkylation sites (N-methyl/N-ethyl adjacent to an activating group) is 1. The molecular weight excluding hydrogens is 407 g/mol. The second kappa shape index (κ2) is 9.05. The Hall–Kier alpha value is -2.62. The standard InChI is InChI=1S/C18H17FN4O3S.ClH/c1-21(2)9-10-22(17(24)13-5-3-4-6-15(13)23(25)26)18-20-14-8-7-12(19)11-16(14)27-18;/h3-8,11H,9-10H2,1-2H3;1H. The van der Waals surface area contributed by atoms with E-state index in [1.807, 2.05) is 19.0 Å². The third-order valence-electron chi connectivity index (χ3n) is 3.92. The molecule has 0 saturated carbocycles. The third-order valence-corrected chi connectivity index (χ3v) is 4.96. The first-order valence-electron chi connectivity index (χ1n) is 8.13. The van der Waals surface area contributed by atoms with Crippen molar-refractivity contribution in [2.24, 2.45) is 0 Å². The fraction of sp³-hybridized carbons (Fsp3) is 0.222. The second-order valence-electron chi connectivity index (χ2n) is 6.14. The lowest BCUT2D eigenvalue weighted by molar-refractivity contribution is -0.385. The first kappa shape index (κ1) is 21.7. The van der Waals surface area contributed by atoms with Crippen LogP contribution in [0.2, 0.25) is 0 Å². The highest BCUT2D eigenvalue weighted by Crippen LogP contribution is 2.31. The van der Waals surface area contributed by atoms with Gasteiger partial charge in [-0.1, -0.05) is 23.5 Å². The summed E-state index contributed by atoms with van der Waals surface area (Å²) in [7, 11) is 3.72. The van der Waals surface area contributed by atoms with E-state index in [0.29, 0.717) is 28.4 Å². The minimum Gasteiger partial charge on any atom is -0.308 e. The SMILES string of the molecule is CN(C)CCN(C(=O)c1ccccc1[N+](=O)[O-])c1nc2ccc(F)cc2s1.Cl. The number of aromatic nitrogens is 1. The normalized spacial score (nSPS) is 10.7. The van der Waals surface area contributed by atoms with Crippen molar-refractivity contribution in [2.45, 2.75) is 0 Å². The number of hydrogen-bond acceptors (Lipinski definition) is 6. The molecule has 0 saturated heterocycles. The number of hydrogen-bond donors (Lipinski definition) is 0. The van der Waals surface area contributed by atoms with Crippen molar-refractivity contribution in [3.63, 3.8) is 0 Å². The molecule has 0 aliphatic rings. The summed E-state index contributed by atoms with van der Waals surface area (Å²) >= 11 is 1.17. The van der Waals surface area contributed by atoms with Gasteiger partial charge in [-0.3, -0.25) is 19.8 Å². The molecule has 0 atom stereocenters. The number of rotatable bonds is 6. The zero-order chi connectivity index (χ0) is 19.6. The monoisotopic (exact) mass is 424 g/mol. The topological polar surface area (TPSA) is 79.6 Å². The zero-order valence-corrected chi connectivity index (χ0v) is 16.8. The highest BCUT2D eigenvalue weighted by Gasteiger charge is 2.27. The Morgan fingerprint density at radius 3 is 2.61 bits per heavy atom. The van der Waals surface area contributed by atoms with Crippen molar-refractivity contribution >= 4 is 50.7 Å². The summed E-state index contributed by atoms with van der Waals surface area (Å²) in [6, 6.07) is 10.0. The fourth-order valence-corrected chi connectivity index (χ4v) is 3.56. The molecule has 0 aliphatic carbocycles. The molecule has 0 radical (unpaired) electrons. The summed E-state index contributed by atoms with van der Waals surface area (Å²) in [4.78, 5) is 31.6. The summed E-state index contributed by atoms with van der Waals surface area (Å²) < 4.78 is 14.1. The van der Waals surface area contributed by atoms with E-state index in [-0.39, 0.29) is 29.5 Å². The molecule has 0 bridgehead atoms. The Balaban J connectivity index is 0.00000280. The maximum Gasteiger partial charge on any atom is 0.282 e. The maximum absolute atomic E-state index is 13.5. The van der Waals surface area contributed by atoms with Crippen molar-refractivity contribution in [3.8, 4) is 0 Å². The Labute approximate surface area is 171 Å². The van der Waals surface area contributed by atoms with Crippen LogP contribution >= 0.6 is 23.7 Å². The molecule has 10 heteroatoms. The van der Waals surface area contributed by atoms with E-state index in [1.165, 1.54) is 46.6 Å². The van der Waals surface area contributed by atoms with Crippen molar-refractivity contribution in [3.05, 3.63) is 64.0 Å². The molecule has 148 valence electrons. The lowest BCUT2D eigenvalue weighted by atomic mass is 10.1. The quantitative estimate of drug-likeness (QED) is 0.441. The Bertz CT molecular complexity index is 1010. The number of benzene rings is 2. The highest BCUT2D eigenvalue weighted by molar-refractivity contribution is 7.22. The lowest BCUT2D eigenvalue weighted by Gasteiger charge is -2.21. The third kappa shape index (κ3) is 4.61. The van der Waals surface area contributed by atoms with E-state index < -0.39 is 10.8 Å². The fourth-order valence-electron chi connectivity index (χ4n) is 2.54. The Morgan fingerprint density at radius 2 is 1.93 bits per heavy atom. The summed E-state index contributed by atoms with van der Waals surface area (Å²) in [6.07, 6.45) is 0. The number of halogens is 2. The number of nitrogens with zero attached hydrogens (tertiary/aromatic N) is 4. The van der Waals surface area contributed by atoms with Gasteiger partial charge in [0.15, 0.2) is 5.13 Å². The first-order chi connectivity index (χ1) is 12.9. The molecule has 3 rings (SSSR count). The van der Waals surface area contributed by atoms with Crippen molar-refractivity contribution in [1.82, 2.24) is 9.88 Å². The van der Waals surface area contributed by atoms with E-state index in [9.17, 15) is 19.3 Å². The number of anilines is 1. The first-order valence-corrected chi connectivity index (χ1v) is 8.94. The van der Waals surface area contributed by atoms with Crippen LogP contribution in [0.4, 0.5) is 15.2 Å². The van der Waals surface area contributed by atoms with E-state index in [0.717, 1.165) is 0 Å². The van der Waals surface area contributed by atoms with Crippen LogP contribution in [0, 0.1) is 15.9 Å². The predicted octanol–water partition coefficient (Wildman–Crippen LogP) is 3.97. The van der Waals surface area contributed by atoms with Crippen LogP contribution in [0.25, 0.3) is 10.2 Å². The van der Waals surface area contributed by atoms with Crippen LogP contribution in [0.15, 0.2) is 42.5 Å². The van der Waals surface area contributed by atoms with E-state index in [2.05, 4.69) is 4.98 Å². The molecular formula is C18H18ClFN4O3S.